The Balaban J connectivity index is 1.40. The van der Waals surface area contributed by atoms with E-state index in [4.69, 9.17) is 4.74 Å². The first kappa shape index (κ1) is 20.6. The Kier molecular flexibility index (Phi) is 7.62. The number of methoxy groups -OCH3 is 1. The lowest BCUT2D eigenvalue weighted by Crippen LogP contribution is -2.50. The first-order valence-electron chi connectivity index (χ1n) is 10.2. The van der Waals surface area contributed by atoms with Crippen molar-refractivity contribution in [2.45, 2.75) is 12.8 Å². The van der Waals surface area contributed by atoms with Crippen LogP contribution in [0, 0.1) is 5.92 Å². The highest BCUT2D eigenvalue weighted by Crippen LogP contribution is 2.21. The van der Waals surface area contributed by atoms with Crippen molar-refractivity contribution in [1.82, 2.24) is 14.7 Å². The fourth-order valence-electron chi connectivity index (χ4n) is 3.86. The minimum absolute atomic E-state index is 0.0964. The van der Waals surface area contributed by atoms with Crippen molar-refractivity contribution in [1.29, 1.82) is 0 Å². The second-order valence-corrected chi connectivity index (χ2v) is 7.53. The largest absolute Gasteiger partial charge is 0.385 e. The molecule has 0 N–H and O–H groups in total. The summed E-state index contributed by atoms with van der Waals surface area (Å²) in [5.74, 6) is 0.0563. The Morgan fingerprint density at radius 1 is 1.18 bits per heavy atom. The third-order valence-electron chi connectivity index (χ3n) is 5.50. The zero-order valence-electron chi connectivity index (χ0n) is 16.8. The maximum Gasteiger partial charge on any atom is 0.228 e. The van der Waals surface area contributed by atoms with Gasteiger partial charge in [-0.3, -0.25) is 14.5 Å². The van der Waals surface area contributed by atoms with E-state index in [9.17, 15) is 9.59 Å². The topological polar surface area (TPSA) is 53.1 Å². The highest BCUT2D eigenvalue weighted by atomic mass is 16.5. The minimum Gasteiger partial charge on any atom is -0.385 e. The molecule has 0 aliphatic carbocycles. The number of amides is 2. The summed E-state index contributed by atoms with van der Waals surface area (Å²) < 4.78 is 5.05. The molecule has 0 spiro atoms. The van der Waals surface area contributed by atoms with E-state index in [0.29, 0.717) is 26.1 Å². The predicted molar refractivity (Wildman–Crippen MR) is 110 cm³/mol. The molecule has 1 unspecified atom stereocenters. The van der Waals surface area contributed by atoms with Crippen molar-refractivity contribution in [3.8, 4) is 0 Å². The zero-order valence-corrected chi connectivity index (χ0v) is 16.8. The van der Waals surface area contributed by atoms with Crippen LogP contribution in [-0.2, 0) is 14.3 Å². The minimum atomic E-state index is -0.181. The molecule has 2 amide bonds. The fraction of sp³-hybridized carbons (Fsp3) is 0.545. The van der Waals surface area contributed by atoms with Crippen LogP contribution in [0.5, 0.6) is 0 Å². The van der Waals surface area contributed by atoms with Crippen LogP contribution in [0.15, 0.2) is 36.4 Å². The second kappa shape index (κ2) is 10.4. The molecule has 1 aromatic rings. The van der Waals surface area contributed by atoms with E-state index in [1.54, 1.807) is 7.11 Å². The molecule has 2 aliphatic heterocycles. The summed E-state index contributed by atoms with van der Waals surface area (Å²) >= 11 is 0. The van der Waals surface area contributed by atoms with Crippen molar-refractivity contribution in [3.63, 3.8) is 0 Å². The van der Waals surface area contributed by atoms with Crippen molar-refractivity contribution < 1.29 is 14.3 Å². The van der Waals surface area contributed by atoms with Gasteiger partial charge in [0.25, 0.3) is 0 Å². The lowest BCUT2D eigenvalue weighted by molar-refractivity contribution is -0.137. The molecule has 0 aromatic heterocycles. The monoisotopic (exact) mass is 385 g/mol. The van der Waals surface area contributed by atoms with Gasteiger partial charge < -0.3 is 14.5 Å². The summed E-state index contributed by atoms with van der Waals surface area (Å²) in [5, 5.41) is 0. The lowest BCUT2D eigenvalue weighted by atomic mass is 10.1. The molecule has 2 saturated heterocycles. The zero-order chi connectivity index (χ0) is 19.8. The first-order chi connectivity index (χ1) is 13.7. The van der Waals surface area contributed by atoms with Crippen LogP contribution in [0.1, 0.15) is 18.4 Å². The number of likely N-dealkylation sites (tertiary alicyclic amines) is 1. The van der Waals surface area contributed by atoms with Crippen molar-refractivity contribution in [2.24, 2.45) is 5.92 Å². The van der Waals surface area contributed by atoms with Crippen LogP contribution < -0.4 is 0 Å². The molecule has 152 valence electrons. The average Bonchev–Trinajstić information content (AvgIpc) is 3.10. The maximum absolute atomic E-state index is 12.8. The number of hydrogen-bond acceptors (Lipinski definition) is 4. The molecule has 2 heterocycles. The lowest BCUT2D eigenvalue weighted by Gasteiger charge is -2.35. The Labute approximate surface area is 167 Å². The Morgan fingerprint density at radius 3 is 2.64 bits per heavy atom. The smallest absolute Gasteiger partial charge is 0.228 e. The van der Waals surface area contributed by atoms with Gasteiger partial charge in [-0.25, -0.2) is 0 Å². The van der Waals surface area contributed by atoms with Gasteiger partial charge in [-0.05, 0) is 12.0 Å². The summed E-state index contributed by atoms with van der Waals surface area (Å²) in [6, 6.07) is 10.3. The number of carbonyl (C=O) groups is 2. The Hall–Kier alpha value is -2.18. The third-order valence-corrected chi connectivity index (χ3v) is 5.50. The van der Waals surface area contributed by atoms with Crippen LogP contribution in [-0.4, -0.2) is 86.0 Å². The number of carbonyl (C=O) groups excluding carboxylic acids is 2. The van der Waals surface area contributed by atoms with Gasteiger partial charge in [-0.15, -0.1) is 0 Å². The van der Waals surface area contributed by atoms with E-state index in [1.165, 1.54) is 5.56 Å². The molecular formula is C22H31N3O3. The van der Waals surface area contributed by atoms with Gasteiger partial charge in [0, 0.05) is 66.0 Å². The molecule has 0 radical (unpaired) electrons. The SMILES string of the molecule is COCCCN1CC(C(=O)N2CCN(C/C=C/c3ccccc3)CC2)CC1=O. The molecule has 2 fully saturated rings. The highest BCUT2D eigenvalue weighted by Gasteiger charge is 2.36. The van der Waals surface area contributed by atoms with Gasteiger partial charge >= 0.3 is 0 Å². The van der Waals surface area contributed by atoms with E-state index in [2.05, 4.69) is 29.2 Å². The number of ether oxygens (including phenoxy) is 1. The molecule has 1 atom stereocenters. The number of hydrogen-bond donors (Lipinski definition) is 0. The molecule has 0 bridgehead atoms. The van der Waals surface area contributed by atoms with Crippen LogP contribution in [0.2, 0.25) is 0 Å². The third kappa shape index (κ3) is 5.66. The summed E-state index contributed by atoms with van der Waals surface area (Å²) in [5.41, 5.74) is 1.21. The molecular weight excluding hydrogens is 354 g/mol. The molecule has 6 nitrogen and oxygen atoms in total. The van der Waals surface area contributed by atoms with Gasteiger partial charge in [0.15, 0.2) is 0 Å². The van der Waals surface area contributed by atoms with Gasteiger partial charge in [0.2, 0.25) is 11.8 Å². The summed E-state index contributed by atoms with van der Waals surface area (Å²) in [6.45, 7) is 6.01. The highest BCUT2D eigenvalue weighted by molar-refractivity contribution is 5.89. The molecule has 0 saturated carbocycles. The van der Waals surface area contributed by atoms with Crippen LogP contribution in [0.25, 0.3) is 6.08 Å². The van der Waals surface area contributed by atoms with Crippen LogP contribution in [0.3, 0.4) is 0 Å². The normalized spacial score (nSPS) is 21.0. The van der Waals surface area contributed by atoms with Crippen molar-refractivity contribution >= 4 is 17.9 Å². The molecule has 28 heavy (non-hydrogen) atoms. The summed E-state index contributed by atoms with van der Waals surface area (Å²) in [6.07, 6.45) is 5.49. The van der Waals surface area contributed by atoms with E-state index < -0.39 is 0 Å². The second-order valence-electron chi connectivity index (χ2n) is 7.53. The van der Waals surface area contributed by atoms with E-state index in [-0.39, 0.29) is 17.7 Å². The summed E-state index contributed by atoms with van der Waals surface area (Å²) in [7, 11) is 1.66. The number of piperazine rings is 1. The molecule has 6 heteroatoms. The average molecular weight is 386 g/mol. The van der Waals surface area contributed by atoms with Crippen molar-refractivity contribution in [3.05, 3.63) is 42.0 Å². The van der Waals surface area contributed by atoms with Crippen LogP contribution in [0.4, 0.5) is 0 Å². The van der Waals surface area contributed by atoms with E-state index >= 15 is 0 Å². The standard InChI is InChI=1S/C22H31N3O3/c1-28-16-6-11-25-18-20(17-21(25)26)22(27)24-14-12-23(13-15-24)10-5-9-19-7-3-2-4-8-19/h2-5,7-9,20H,6,10-18H2,1H3/b9-5+. The Bertz CT molecular complexity index is 669. The predicted octanol–water partition coefficient (Wildman–Crippen LogP) is 1.73. The van der Waals surface area contributed by atoms with E-state index in [1.807, 2.05) is 28.0 Å². The molecule has 2 aliphatic rings. The summed E-state index contributed by atoms with van der Waals surface area (Å²) in [4.78, 5) is 31.1. The van der Waals surface area contributed by atoms with E-state index in [0.717, 1.165) is 39.1 Å². The van der Waals surface area contributed by atoms with Gasteiger partial charge in [0.1, 0.15) is 0 Å². The fourth-order valence-corrected chi connectivity index (χ4v) is 3.86. The quantitative estimate of drug-likeness (QED) is 0.640. The number of benzene rings is 1. The van der Waals surface area contributed by atoms with Gasteiger partial charge in [-0.1, -0.05) is 42.5 Å². The van der Waals surface area contributed by atoms with Crippen LogP contribution >= 0.6 is 0 Å². The molecule has 1 aromatic carbocycles. The number of rotatable bonds is 8. The first-order valence-corrected chi connectivity index (χ1v) is 10.2. The molecule has 3 rings (SSSR count). The Morgan fingerprint density at radius 2 is 1.93 bits per heavy atom. The maximum atomic E-state index is 12.8. The van der Waals surface area contributed by atoms with Gasteiger partial charge in [-0.2, -0.15) is 0 Å². The van der Waals surface area contributed by atoms with Gasteiger partial charge in [0.05, 0.1) is 5.92 Å². The van der Waals surface area contributed by atoms with Crippen molar-refractivity contribution in [2.75, 3.05) is 59.5 Å². The number of nitrogens with zero attached hydrogens (tertiary/aromatic N) is 3.